The lowest BCUT2D eigenvalue weighted by molar-refractivity contribution is -0.224. The maximum atomic E-state index is 12.7. The van der Waals surface area contributed by atoms with Crippen molar-refractivity contribution < 1.29 is 39.2 Å². The van der Waals surface area contributed by atoms with Crippen LogP contribution in [-0.4, -0.2) is 57.1 Å². The molecule has 0 aromatic heterocycles. The van der Waals surface area contributed by atoms with E-state index in [-0.39, 0.29) is 43.3 Å². The van der Waals surface area contributed by atoms with Crippen molar-refractivity contribution in [1.29, 1.82) is 0 Å². The Morgan fingerprint density at radius 1 is 1.08 bits per heavy atom. The van der Waals surface area contributed by atoms with E-state index < -0.39 is 52.3 Å². The van der Waals surface area contributed by atoms with Gasteiger partial charge in [0.2, 0.25) is 0 Å². The molecule has 0 unspecified atom stereocenters. The summed E-state index contributed by atoms with van der Waals surface area (Å²) < 4.78 is 4.86. The summed E-state index contributed by atoms with van der Waals surface area (Å²) in [5, 5.41) is 33.1. The van der Waals surface area contributed by atoms with E-state index in [1.54, 1.807) is 13.0 Å². The first-order valence-electron chi connectivity index (χ1n) is 13.4. The van der Waals surface area contributed by atoms with Crippen LogP contribution in [0.25, 0.3) is 0 Å². The molecule has 0 saturated heterocycles. The van der Waals surface area contributed by atoms with Gasteiger partial charge >= 0.3 is 11.9 Å². The van der Waals surface area contributed by atoms with E-state index in [9.17, 15) is 34.5 Å². The van der Waals surface area contributed by atoms with Crippen LogP contribution in [0.4, 0.5) is 0 Å². The number of aliphatic hydroxyl groups excluding tert-OH is 2. The van der Waals surface area contributed by atoms with Gasteiger partial charge in [0.1, 0.15) is 12.2 Å². The summed E-state index contributed by atoms with van der Waals surface area (Å²) in [6.45, 7) is 4.88. The molecule has 4 aliphatic rings. The molecule has 0 amide bonds. The summed E-state index contributed by atoms with van der Waals surface area (Å²) in [5.41, 5.74) is -2.64. The smallest absolute Gasteiger partial charge is 0.313 e. The molecule has 3 N–H and O–H groups in total. The molecule has 0 aromatic rings. The summed E-state index contributed by atoms with van der Waals surface area (Å²) in [4.78, 5) is 48.9. The van der Waals surface area contributed by atoms with Crippen LogP contribution in [0.15, 0.2) is 11.6 Å². The Balaban J connectivity index is 1.72. The molecular weight excluding hydrogens is 464 g/mol. The second-order valence-corrected chi connectivity index (χ2v) is 11.9. The Bertz CT molecular complexity index is 986. The van der Waals surface area contributed by atoms with E-state index in [0.29, 0.717) is 44.9 Å². The van der Waals surface area contributed by atoms with Crippen molar-refractivity contribution in [3.05, 3.63) is 11.6 Å². The number of ether oxygens (including phenoxy) is 1. The van der Waals surface area contributed by atoms with Crippen molar-refractivity contribution in [2.24, 2.45) is 28.1 Å². The van der Waals surface area contributed by atoms with E-state index in [2.05, 4.69) is 6.92 Å². The van der Waals surface area contributed by atoms with Gasteiger partial charge < -0.3 is 20.1 Å². The Morgan fingerprint density at radius 3 is 2.47 bits per heavy atom. The zero-order valence-electron chi connectivity index (χ0n) is 21.7. The number of hydrogen-bond acceptors (Lipinski definition) is 8. The topological polar surface area (TPSA) is 138 Å². The van der Waals surface area contributed by atoms with Crippen molar-refractivity contribution in [2.75, 3.05) is 6.61 Å². The Hall–Kier alpha value is -1.90. The first-order valence-corrected chi connectivity index (χ1v) is 13.4. The van der Waals surface area contributed by atoms with Gasteiger partial charge in [-0.05, 0) is 74.7 Å². The molecule has 0 spiro atoms. The normalized spacial score (nSPS) is 41.6. The highest BCUT2D eigenvalue weighted by molar-refractivity contribution is 5.92. The van der Waals surface area contributed by atoms with E-state index in [4.69, 9.17) is 4.74 Å². The number of aliphatic hydroxyl groups is 3. The minimum absolute atomic E-state index is 0.0320. The molecule has 8 heteroatoms. The molecule has 36 heavy (non-hydrogen) atoms. The van der Waals surface area contributed by atoms with Gasteiger partial charge in [0, 0.05) is 30.1 Å². The molecular formula is C28H40O8. The lowest BCUT2D eigenvalue weighted by atomic mass is 9.37. The number of carbonyl (C=O) groups excluding carboxylic acids is 4. The average Bonchev–Trinajstić information content (AvgIpc) is 3.10. The quantitative estimate of drug-likeness (QED) is 0.355. The predicted octanol–water partition coefficient (Wildman–Crippen LogP) is 2.80. The van der Waals surface area contributed by atoms with Gasteiger partial charge in [-0.25, -0.2) is 0 Å². The number of esters is 2. The van der Waals surface area contributed by atoms with Crippen LogP contribution in [0.3, 0.4) is 0 Å². The van der Waals surface area contributed by atoms with Gasteiger partial charge in [0.05, 0.1) is 6.10 Å². The largest absolute Gasteiger partial charge is 0.393 e. The molecule has 0 radical (unpaired) electrons. The second-order valence-electron chi connectivity index (χ2n) is 11.9. The number of allylic oxidation sites excluding steroid dienone is 1. The number of carbonyl (C=O) groups is 4. The monoisotopic (exact) mass is 504 g/mol. The van der Waals surface area contributed by atoms with Crippen LogP contribution < -0.4 is 0 Å². The Morgan fingerprint density at radius 2 is 1.81 bits per heavy atom. The van der Waals surface area contributed by atoms with Crippen molar-refractivity contribution in [2.45, 2.75) is 103 Å². The van der Waals surface area contributed by atoms with Crippen LogP contribution in [-0.2, 0) is 23.9 Å². The highest BCUT2D eigenvalue weighted by atomic mass is 16.6. The molecule has 4 aliphatic carbocycles. The van der Waals surface area contributed by atoms with Gasteiger partial charge in [0.15, 0.2) is 11.6 Å². The Kier molecular flexibility index (Phi) is 7.12. The van der Waals surface area contributed by atoms with Crippen molar-refractivity contribution >= 4 is 23.5 Å². The molecule has 3 fully saturated rings. The standard InChI is InChI=1S/C28H40O8/c1-4-23(33)36-24(34)6-5-11-27-20(8-7-17-14-18(30)9-12-25(17,27)2)19-10-13-28(35,22(32)16-29)26(19,3)15-21(27)31/h14,19-21,29,31,35H,4-13,15-16H2,1-3H3/t19-,20-,21-,25-,26-,27+,28-/m0/s1. The summed E-state index contributed by atoms with van der Waals surface area (Å²) in [6.07, 6.45) is 5.45. The predicted molar refractivity (Wildman–Crippen MR) is 129 cm³/mol. The van der Waals surface area contributed by atoms with Crippen molar-refractivity contribution in [3.8, 4) is 0 Å². The fraction of sp³-hybridized carbons (Fsp3) is 0.786. The highest BCUT2D eigenvalue weighted by Crippen LogP contribution is 2.73. The SMILES string of the molecule is CCC(=O)OC(=O)CCC[C@]12[C@@H](O)C[C@@]3(C)[C@@H](CC[C@]3(O)C(=O)CO)[C@@H]1CCC1=CC(=O)CC[C@@]12C. The van der Waals surface area contributed by atoms with Crippen molar-refractivity contribution in [3.63, 3.8) is 0 Å². The fourth-order valence-corrected chi connectivity index (χ4v) is 8.81. The minimum atomic E-state index is -1.69. The molecule has 4 rings (SSSR count). The van der Waals surface area contributed by atoms with Crippen molar-refractivity contribution in [1.82, 2.24) is 0 Å². The van der Waals surface area contributed by atoms with E-state index in [0.717, 1.165) is 5.57 Å². The first-order chi connectivity index (χ1) is 16.9. The molecule has 8 nitrogen and oxygen atoms in total. The lowest BCUT2D eigenvalue weighted by Crippen LogP contribution is -2.67. The molecule has 0 bridgehead atoms. The van der Waals surface area contributed by atoms with E-state index >= 15 is 0 Å². The highest BCUT2D eigenvalue weighted by Gasteiger charge is 2.72. The zero-order valence-corrected chi connectivity index (χ0v) is 21.7. The summed E-state index contributed by atoms with van der Waals surface area (Å²) in [5.74, 6) is -1.73. The second kappa shape index (κ2) is 9.44. The van der Waals surface area contributed by atoms with Crippen LogP contribution in [0, 0.1) is 28.1 Å². The third-order valence-corrected chi connectivity index (χ3v) is 10.7. The number of fused-ring (bicyclic) bond motifs is 5. The molecule has 0 aliphatic heterocycles. The summed E-state index contributed by atoms with van der Waals surface area (Å²) in [7, 11) is 0. The molecule has 7 atom stereocenters. The lowest BCUT2D eigenvalue weighted by Gasteiger charge is -2.67. The van der Waals surface area contributed by atoms with Gasteiger partial charge in [0.25, 0.3) is 0 Å². The van der Waals surface area contributed by atoms with Gasteiger partial charge in [-0.15, -0.1) is 0 Å². The molecule has 3 saturated carbocycles. The average molecular weight is 505 g/mol. The van der Waals surface area contributed by atoms with Crippen LogP contribution >= 0.6 is 0 Å². The summed E-state index contributed by atoms with van der Waals surface area (Å²) >= 11 is 0. The Labute approximate surface area is 212 Å². The maximum absolute atomic E-state index is 12.7. The number of hydrogen-bond donors (Lipinski definition) is 3. The van der Waals surface area contributed by atoms with Crippen LogP contribution in [0.1, 0.15) is 91.4 Å². The molecule has 200 valence electrons. The number of ketones is 2. The van der Waals surface area contributed by atoms with Gasteiger partial charge in [-0.1, -0.05) is 26.3 Å². The zero-order chi connectivity index (χ0) is 26.5. The maximum Gasteiger partial charge on any atom is 0.313 e. The van der Waals surface area contributed by atoms with Gasteiger partial charge in [-0.2, -0.15) is 0 Å². The summed E-state index contributed by atoms with van der Waals surface area (Å²) in [6, 6.07) is 0. The van der Waals surface area contributed by atoms with E-state index in [1.807, 2.05) is 6.92 Å². The van der Waals surface area contributed by atoms with Crippen LogP contribution in [0.5, 0.6) is 0 Å². The van der Waals surface area contributed by atoms with Gasteiger partial charge in [-0.3, -0.25) is 19.2 Å². The first kappa shape index (κ1) is 27.1. The number of Topliss-reactive ketones (excluding diaryl/α,β-unsaturated/α-hetero) is 1. The fourth-order valence-electron chi connectivity index (χ4n) is 8.81. The molecule has 0 aromatic carbocycles. The minimum Gasteiger partial charge on any atom is -0.393 e. The van der Waals surface area contributed by atoms with Crippen LogP contribution in [0.2, 0.25) is 0 Å². The third kappa shape index (κ3) is 3.74. The molecule has 0 heterocycles. The number of rotatable bonds is 7. The third-order valence-electron chi connectivity index (χ3n) is 10.7. The van der Waals surface area contributed by atoms with E-state index in [1.165, 1.54) is 0 Å².